The van der Waals surface area contributed by atoms with Crippen LogP contribution < -0.4 is 21.1 Å². The summed E-state index contributed by atoms with van der Waals surface area (Å²) in [5, 5.41) is 34.3. The number of allylic oxidation sites excluding steroid dienone is 3. The van der Waals surface area contributed by atoms with E-state index < -0.39 is 83.7 Å². The van der Waals surface area contributed by atoms with Gasteiger partial charge in [-0.3, -0.25) is 38.3 Å². The topological polar surface area (TPSA) is 286 Å². The molecule has 1 aromatic carbocycles. The number of esters is 1. The number of H-pyrrole nitrogens is 1. The van der Waals surface area contributed by atoms with Gasteiger partial charge in [0.05, 0.1) is 47.8 Å². The highest BCUT2D eigenvalue weighted by atomic mass is 32.2. The molecular formula is C78H113N9O14S. The van der Waals surface area contributed by atoms with Crippen LogP contribution in [-0.2, 0) is 54.2 Å². The molecule has 9 rings (SSSR count). The first-order valence-corrected chi connectivity index (χ1v) is 38.2. The molecule has 4 aromatic rings. The van der Waals surface area contributed by atoms with Crippen molar-refractivity contribution in [2.45, 2.75) is 220 Å². The van der Waals surface area contributed by atoms with Gasteiger partial charge in [0.1, 0.15) is 35.5 Å². The number of nitrogens with zero attached hydrogens (tertiary/aromatic N) is 6. The number of aliphatic hydroxyl groups excluding tert-OH is 2. The predicted molar refractivity (Wildman–Crippen MR) is 395 cm³/mol. The van der Waals surface area contributed by atoms with Crippen LogP contribution in [0.3, 0.4) is 0 Å². The lowest BCUT2D eigenvalue weighted by Gasteiger charge is -2.48. The maximum Gasteiger partial charge on any atom is 0.329 e. The number of ketones is 2. The van der Waals surface area contributed by atoms with E-state index in [1.54, 1.807) is 53.1 Å². The van der Waals surface area contributed by atoms with E-state index >= 15 is 0 Å². The zero-order valence-electron chi connectivity index (χ0n) is 62.4. The van der Waals surface area contributed by atoms with Crippen LogP contribution in [0.15, 0.2) is 70.8 Å². The number of carbonyl (C=O) groups excluding carboxylic acids is 6. The molecule has 7 heterocycles. The maximum atomic E-state index is 14.8. The van der Waals surface area contributed by atoms with Gasteiger partial charge >= 0.3 is 5.97 Å². The van der Waals surface area contributed by atoms with Crippen molar-refractivity contribution in [3.05, 3.63) is 98.8 Å². The fourth-order valence-corrected chi connectivity index (χ4v) is 16.7. The number of amides is 3. The molecule has 2 unspecified atom stereocenters. The number of thioether (sulfide) groups is 1. The van der Waals surface area contributed by atoms with Crippen LogP contribution >= 0.6 is 11.8 Å². The number of aromatic nitrogens is 4. The van der Waals surface area contributed by atoms with Crippen LogP contribution in [-0.4, -0.2) is 208 Å². The van der Waals surface area contributed by atoms with E-state index in [1.807, 2.05) is 102 Å². The Morgan fingerprint density at radius 3 is 2.27 bits per heavy atom. The summed E-state index contributed by atoms with van der Waals surface area (Å²) < 4.78 is 33.0. The monoisotopic (exact) mass is 1430 g/mol. The van der Waals surface area contributed by atoms with Crippen LogP contribution in [0, 0.1) is 43.4 Å². The molecular weight excluding hydrogens is 1320 g/mol. The number of hydrogen-bond acceptors (Lipinski definition) is 19. The molecule has 3 saturated heterocycles. The number of aliphatic hydroxyl groups is 2. The van der Waals surface area contributed by atoms with Gasteiger partial charge in [-0.15, -0.1) is 0 Å². The van der Waals surface area contributed by atoms with Gasteiger partial charge in [-0.1, -0.05) is 38.5 Å². The first-order chi connectivity index (χ1) is 48.7. The molecule has 5 N–H and O–H groups in total. The lowest BCUT2D eigenvalue weighted by Crippen LogP contribution is -2.63. The van der Waals surface area contributed by atoms with Crippen molar-refractivity contribution in [1.82, 2.24) is 40.2 Å². The minimum absolute atomic E-state index is 0.0209. The standard InChI is InChI=1S/C78H113N9O14S/c1-46(2)87-62-41-57(40-58(60(62)45-82-87)74(93)81-44-59-49(5)36-52(8)83-75(59)94)56-20-22-69(80-43-56)85-29-27-84(28-30-85)26-24-79-70(91)23-32-102-31-16-17-55-34-47(3)33-48(4)35-67(98-12)72-68(99-13)38-51(7)78(10,101-72)73(92)76(95)86-25-15-14-18-61(86)77(96)100-71(53(9)64(89)42-65(55)90)50(6)37-54-19-21-63(88)66(39-54)97-11/h20,22,34,36-37,40-41,43,45-46,48,51,53-55,61,63-64,66-68,71-72,88-89H,14-19,21,23-33,35,38-39,42,44H2,1-13H3,(H,79,91)(H,81,93)(H,83,94)/b47-34+,50-37+/t48-,51+,53+,54?,55+,61-,63+,64-,66?,67-,68-,71+,72+,78+/m0/s1. The van der Waals surface area contributed by atoms with Crippen molar-refractivity contribution in [1.29, 1.82) is 0 Å². The Bertz CT molecular complexity index is 3680. The Morgan fingerprint density at radius 2 is 1.58 bits per heavy atom. The molecule has 0 spiro atoms. The zero-order chi connectivity index (χ0) is 73.7. The summed E-state index contributed by atoms with van der Waals surface area (Å²) in [6, 6.07) is 8.81. The summed E-state index contributed by atoms with van der Waals surface area (Å²) in [6.07, 6.45) is 8.82. The lowest BCUT2D eigenvalue weighted by atomic mass is 9.76. The molecule has 102 heavy (non-hydrogen) atoms. The molecule has 3 aromatic heterocycles. The normalized spacial score (nSPS) is 29.2. The Hall–Kier alpha value is -6.64. The number of Topliss-reactive ketones (excluding diaryl/α,β-unsaturated/α-hetero) is 2. The SMILES string of the molecule is COC1CC(/C=C(\C)[C@H]2OC(=O)[C@@H]3CCCCN3C(=O)C(=O)[C@]3(C)O[C@H]([C@@H](OC)C[C@@H](C)C/C(C)=C/[C@@H](CCCSCCC(=O)NCCN4CCN(c5ccc(-c6cc(C(=O)NCc7c(C)cc(C)[nH]c7=O)c7cnn(C(C)C)c7c6)cn5)CC4)C(=O)C[C@H](O)[C@H]2C)[C@@H](OC)C[C@H]3C)CC[C@H]1O. The third-order valence-electron chi connectivity index (χ3n) is 22.1. The fourth-order valence-electron chi connectivity index (χ4n) is 15.8. The van der Waals surface area contributed by atoms with Crippen molar-refractivity contribution in [2.24, 2.45) is 29.6 Å². The summed E-state index contributed by atoms with van der Waals surface area (Å²) in [5.74, 6) is -2.29. The quantitative estimate of drug-likeness (QED) is 0.0225. The van der Waals surface area contributed by atoms with Gasteiger partial charge in [-0.05, 0) is 190 Å². The summed E-state index contributed by atoms with van der Waals surface area (Å²) in [6.45, 7) is 23.7. The first kappa shape index (κ1) is 79.5. The number of nitrogens with one attached hydrogen (secondary N) is 3. The number of pyridine rings is 2. The van der Waals surface area contributed by atoms with E-state index in [-0.39, 0.29) is 73.1 Å². The molecule has 1 saturated carbocycles. The van der Waals surface area contributed by atoms with Gasteiger partial charge in [0.2, 0.25) is 5.91 Å². The van der Waals surface area contributed by atoms with Crippen molar-refractivity contribution < 1.29 is 62.7 Å². The van der Waals surface area contributed by atoms with E-state index in [9.17, 15) is 43.8 Å². The number of methoxy groups -OCH3 is 3. The second-order valence-electron chi connectivity index (χ2n) is 30.0. The summed E-state index contributed by atoms with van der Waals surface area (Å²) in [5.41, 5.74) is 4.92. The van der Waals surface area contributed by atoms with E-state index in [2.05, 4.69) is 37.4 Å². The van der Waals surface area contributed by atoms with Gasteiger partial charge < -0.3 is 59.3 Å². The van der Waals surface area contributed by atoms with Crippen LogP contribution in [0.2, 0.25) is 0 Å². The number of carbonyl (C=O) groups is 6. The molecule has 0 radical (unpaired) electrons. The second kappa shape index (κ2) is 36.4. The minimum atomic E-state index is -1.56. The van der Waals surface area contributed by atoms with E-state index in [0.29, 0.717) is 112 Å². The lowest BCUT2D eigenvalue weighted by molar-refractivity contribution is -0.229. The number of fused-ring (bicyclic) bond motifs is 4. The van der Waals surface area contributed by atoms with Gasteiger partial charge in [0.25, 0.3) is 23.2 Å². The first-order valence-electron chi connectivity index (χ1n) is 37.1. The molecule has 4 fully saturated rings. The summed E-state index contributed by atoms with van der Waals surface area (Å²) >= 11 is 1.67. The Morgan fingerprint density at radius 1 is 0.843 bits per heavy atom. The van der Waals surface area contributed by atoms with Gasteiger partial charge in [-0.2, -0.15) is 16.9 Å². The van der Waals surface area contributed by atoms with Crippen molar-refractivity contribution in [2.75, 3.05) is 83.5 Å². The van der Waals surface area contributed by atoms with Crippen LogP contribution in [0.4, 0.5) is 5.82 Å². The molecule has 2 bridgehead atoms. The Labute approximate surface area is 606 Å². The van der Waals surface area contributed by atoms with E-state index in [1.165, 1.54) is 4.90 Å². The van der Waals surface area contributed by atoms with Crippen molar-refractivity contribution in [3.8, 4) is 11.1 Å². The highest BCUT2D eigenvalue weighted by Gasteiger charge is 2.55. The summed E-state index contributed by atoms with van der Waals surface area (Å²) in [7, 11) is 4.79. The molecule has 4 aliphatic heterocycles. The average molecular weight is 1430 g/mol. The highest BCUT2D eigenvalue weighted by molar-refractivity contribution is 7.99. The molecule has 5 aliphatic rings. The molecule has 24 heteroatoms. The number of aromatic amines is 1. The molecule has 14 atom stereocenters. The smallest absolute Gasteiger partial charge is 0.329 e. The van der Waals surface area contributed by atoms with Gasteiger partial charge in [-0.25, -0.2) is 9.78 Å². The Kier molecular flexibility index (Phi) is 28.3. The second-order valence-corrected chi connectivity index (χ2v) is 31.2. The molecule has 3 amide bonds. The molecule has 560 valence electrons. The van der Waals surface area contributed by atoms with Crippen LogP contribution in [0.1, 0.15) is 172 Å². The van der Waals surface area contributed by atoms with E-state index in [4.69, 9.17) is 28.7 Å². The summed E-state index contributed by atoms with van der Waals surface area (Å²) in [4.78, 5) is 113. The number of aryl methyl sites for hydroxylation is 2. The number of benzene rings is 1. The van der Waals surface area contributed by atoms with Gasteiger partial charge in [0.15, 0.2) is 0 Å². The highest BCUT2D eigenvalue weighted by Crippen LogP contribution is 2.41. The molecule has 1 aliphatic carbocycles. The number of piperazine rings is 1. The predicted octanol–water partition coefficient (Wildman–Crippen LogP) is 9.20. The largest absolute Gasteiger partial charge is 0.456 e. The van der Waals surface area contributed by atoms with Crippen molar-refractivity contribution >= 4 is 63.7 Å². The number of hydrogen-bond donors (Lipinski definition) is 5. The number of cyclic esters (lactones) is 1. The maximum absolute atomic E-state index is 14.8. The average Bonchev–Trinajstić information content (AvgIpc) is 0.852. The van der Waals surface area contributed by atoms with Crippen LogP contribution in [0.25, 0.3) is 22.0 Å². The number of piperidine rings is 1. The molecule has 23 nitrogen and oxygen atoms in total. The minimum Gasteiger partial charge on any atom is -0.456 e. The third-order valence-corrected chi connectivity index (χ3v) is 23.2. The van der Waals surface area contributed by atoms with Crippen molar-refractivity contribution in [3.63, 3.8) is 0 Å². The number of ether oxygens (including phenoxy) is 5. The van der Waals surface area contributed by atoms with Gasteiger partial charge in [0, 0.05) is 139 Å². The number of anilines is 1. The zero-order valence-corrected chi connectivity index (χ0v) is 63.2. The van der Waals surface area contributed by atoms with Crippen LogP contribution in [0.5, 0.6) is 0 Å². The van der Waals surface area contributed by atoms with E-state index in [0.717, 1.165) is 70.9 Å². The third kappa shape index (κ3) is 19.6. The number of rotatable bonds is 21. The fraction of sp³-hybridized carbons (Fsp3) is 0.654. The Balaban J connectivity index is 0.795.